The van der Waals surface area contributed by atoms with Gasteiger partial charge in [-0.3, -0.25) is 20.6 Å². The average molecular weight is 248 g/mol. The van der Waals surface area contributed by atoms with Gasteiger partial charge in [-0.2, -0.15) is 10.2 Å². The minimum Gasteiger partial charge on any atom is -0.276 e. The summed E-state index contributed by atoms with van der Waals surface area (Å²) in [7, 11) is 1.91. The van der Waals surface area contributed by atoms with Crippen molar-refractivity contribution in [1.29, 1.82) is 0 Å². The highest BCUT2D eigenvalue weighted by molar-refractivity contribution is 5.17. The lowest BCUT2D eigenvalue weighted by atomic mass is 10.1. The summed E-state index contributed by atoms with van der Waals surface area (Å²) in [6, 6.07) is 2.13. The smallest absolute Gasteiger partial charge is 0.0670 e. The van der Waals surface area contributed by atoms with Crippen molar-refractivity contribution in [2.75, 3.05) is 0 Å². The molecule has 2 rings (SSSR count). The minimum absolute atomic E-state index is 0.0513. The van der Waals surface area contributed by atoms with E-state index in [0.29, 0.717) is 0 Å². The second-order valence-corrected chi connectivity index (χ2v) is 4.47. The highest BCUT2D eigenvalue weighted by atomic mass is 15.3. The van der Waals surface area contributed by atoms with Crippen LogP contribution in [-0.4, -0.2) is 19.6 Å². The van der Waals surface area contributed by atoms with Crippen molar-refractivity contribution in [1.82, 2.24) is 25.0 Å². The molecule has 0 saturated carbocycles. The second-order valence-electron chi connectivity index (χ2n) is 4.47. The van der Waals surface area contributed by atoms with Crippen LogP contribution in [0.3, 0.4) is 0 Å². The monoisotopic (exact) mass is 248 g/mol. The summed E-state index contributed by atoms with van der Waals surface area (Å²) in [5.74, 6) is 5.67. The number of hydrogen-bond donors (Lipinski definition) is 2. The Kier molecular flexibility index (Phi) is 3.78. The summed E-state index contributed by atoms with van der Waals surface area (Å²) in [6.07, 6.45) is 4.67. The highest BCUT2D eigenvalue weighted by Gasteiger charge is 2.16. The molecule has 6 heteroatoms. The van der Waals surface area contributed by atoms with Crippen molar-refractivity contribution < 1.29 is 0 Å². The molecule has 0 aliphatic heterocycles. The third-order valence-electron chi connectivity index (χ3n) is 2.99. The first-order valence-electron chi connectivity index (χ1n) is 6.12. The molecular weight excluding hydrogens is 228 g/mol. The van der Waals surface area contributed by atoms with Gasteiger partial charge in [0.15, 0.2) is 0 Å². The van der Waals surface area contributed by atoms with E-state index in [1.807, 2.05) is 31.0 Å². The maximum atomic E-state index is 5.67. The summed E-state index contributed by atoms with van der Waals surface area (Å²) in [6.45, 7) is 4.91. The van der Waals surface area contributed by atoms with E-state index in [1.165, 1.54) is 0 Å². The van der Waals surface area contributed by atoms with E-state index in [-0.39, 0.29) is 6.04 Å². The second kappa shape index (κ2) is 5.32. The van der Waals surface area contributed by atoms with Crippen LogP contribution in [0, 0.1) is 6.92 Å². The molecule has 2 aromatic heterocycles. The molecule has 2 heterocycles. The van der Waals surface area contributed by atoms with E-state index in [4.69, 9.17) is 5.84 Å². The number of hydrogen-bond acceptors (Lipinski definition) is 4. The number of nitrogens with zero attached hydrogens (tertiary/aromatic N) is 4. The fraction of sp³-hybridized carbons (Fsp3) is 0.500. The maximum absolute atomic E-state index is 5.67. The molecule has 0 fully saturated rings. The molecule has 1 unspecified atom stereocenters. The van der Waals surface area contributed by atoms with E-state index in [9.17, 15) is 0 Å². The van der Waals surface area contributed by atoms with Gasteiger partial charge in [-0.05, 0) is 31.9 Å². The van der Waals surface area contributed by atoms with Crippen LogP contribution in [-0.2, 0) is 20.0 Å². The topological polar surface area (TPSA) is 73.7 Å². The Morgan fingerprint density at radius 2 is 2.28 bits per heavy atom. The van der Waals surface area contributed by atoms with E-state index < -0.39 is 0 Å². The van der Waals surface area contributed by atoms with Crippen molar-refractivity contribution in [2.45, 2.75) is 32.9 Å². The third kappa shape index (κ3) is 2.60. The fourth-order valence-electron chi connectivity index (χ4n) is 2.16. The summed E-state index contributed by atoms with van der Waals surface area (Å²) in [5.41, 5.74) is 6.15. The summed E-state index contributed by atoms with van der Waals surface area (Å²) in [4.78, 5) is 0. The Balaban J connectivity index is 2.22. The maximum Gasteiger partial charge on any atom is 0.0670 e. The molecule has 3 N–H and O–H groups in total. The molecule has 6 nitrogen and oxygen atoms in total. The predicted octanol–water partition coefficient (Wildman–Crippen LogP) is 0.692. The van der Waals surface area contributed by atoms with Gasteiger partial charge in [0.1, 0.15) is 0 Å². The molecule has 0 saturated heterocycles. The lowest BCUT2D eigenvalue weighted by Crippen LogP contribution is -2.31. The van der Waals surface area contributed by atoms with Gasteiger partial charge >= 0.3 is 0 Å². The van der Waals surface area contributed by atoms with Gasteiger partial charge in [0.25, 0.3) is 0 Å². The molecule has 0 spiro atoms. The first-order chi connectivity index (χ1) is 8.63. The minimum atomic E-state index is 0.0513. The molecule has 0 bridgehead atoms. The Hall–Kier alpha value is -1.66. The molecule has 0 aliphatic carbocycles. The largest absolute Gasteiger partial charge is 0.276 e. The third-order valence-corrected chi connectivity index (χ3v) is 2.99. The van der Waals surface area contributed by atoms with Crippen LogP contribution < -0.4 is 11.3 Å². The number of aromatic nitrogens is 4. The summed E-state index contributed by atoms with van der Waals surface area (Å²) in [5, 5.41) is 8.62. The quantitative estimate of drug-likeness (QED) is 0.603. The van der Waals surface area contributed by atoms with Gasteiger partial charge in [-0.1, -0.05) is 0 Å². The molecule has 0 aliphatic rings. The standard InChI is InChI=1S/C12H20N6/c1-4-18-12(5-9(2)16-18)11(15-13)6-10-7-14-17(3)8-10/h5,7-8,11,15H,4,6,13H2,1-3H3. The Bertz CT molecular complexity index is 512. The Morgan fingerprint density at radius 3 is 2.83 bits per heavy atom. The molecule has 1 atom stereocenters. The molecular formula is C12H20N6. The van der Waals surface area contributed by atoms with Gasteiger partial charge in [0.2, 0.25) is 0 Å². The molecule has 98 valence electrons. The van der Waals surface area contributed by atoms with Crippen molar-refractivity contribution in [3.63, 3.8) is 0 Å². The molecule has 0 radical (unpaired) electrons. The van der Waals surface area contributed by atoms with Crippen LogP contribution in [0.4, 0.5) is 0 Å². The number of aryl methyl sites for hydroxylation is 3. The number of nitrogens with two attached hydrogens (primary N) is 1. The van der Waals surface area contributed by atoms with Gasteiger partial charge in [0.05, 0.1) is 23.6 Å². The zero-order chi connectivity index (χ0) is 13.1. The van der Waals surface area contributed by atoms with Crippen LogP contribution in [0.2, 0.25) is 0 Å². The van der Waals surface area contributed by atoms with Gasteiger partial charge in [-0.25, -0.2) is 0 Å². The fourth-order valence-corrected chi connectivity index (χ4v) is 2.16. The van der Waals surface area contributed by atoms with E-state index >= 15 is 0 Å². The van der Waals surface area contributed by atoms with Crippen molar-refractivity contribution in [2.24, 2.45) is 12.9 Å². The van der Waals surface area contributed by atoms with Gasteiger partial charge in [-0.15, -0.1) is 0 Å². The Labute approximate surface area is 107 Å². The Morgan fingerprint density at radius 1 is 1.50 bits per heavy atom. The lowest BCUT2D eigenvalue weighted by Gasteiger charge is -2.16. The van der Waals surface area contributed by atoms with Gasteiger partial charge in [0, 0.05) is 19.8 Å². The normalized spacial score (nSPS) is 12.9. The molecule has 18 heavy (non-hydrogen) atoms. The van der Waals surface area contributed by atoms with E-state index in [0.717, 1.165) is 29.9 Å². The SMILES string of the molecule is CCn1nc(C)cc1C(Cc1cnn(C)c1)NN. The van der Waals surface area contributed by atoms with E-state index in [1.54, 1.807) is 4.68 Å². The van der Waals surface area contributed by atoms with Crippen LogP contribution in [0.15, 0.2) is 18.5 Å². The van der Waals surface area contributed by atoms with Crippen LogP contribution >= 0.6 is 0 Å². The number of nitrogens with one attached hydrogen (secondary N) is 1. The first-order valence-corrected chi connectivity index (χ1v) is 6.12. The van der Waals surface area contributed by atoms with Crippen molar-refractivity contribution in [3.8, 4) is 0 Å². The van der Waals surface area contributed by atoms with Gasteiger partial charge < -0.3 is 0 Å². The summed E-state index contributed by atoms with van der Waals surface area (Å²) < 4.78 is 3.78. The highest BCUT2D eigenvalue weighted by Crippen LogP contribution is 2.18. The molecule has 0 amide bonds. The van der Waals surface area contributed by atoms with Crippen LogP contribution in [0.5, 0.6) is 0 Å². The van der Waals surface area contributed by atoms with Crippen LogP contribution in [0.1, 0.15) is 29.9 Å². The average Bonchev–Trinajstić information content (AvgIpc) is 2.92. The zero-order valence-corrected chi connectivity index (χ0v) is 11.1. The first kappa shape index (κ1) is 12.8. The van der Waals surface area contributed by atoms with Crippen LogP contribution in [0.25, 0.3) is 0 Å². The van der Waals surface area contributed by atoms with E-state index in [2.05, 4.69) is 28.6 Å². The molecule has 2 aromatic rings. The lowest BCUT2D eigenvalue weighted by molar-refractivity contribution is 0.490. The van der Waals surface area contributed by atoms with Crippen molar-refractivity contribution >= 4 is 0 Å². The summed E-state index contributed by atoms with van der Waals surface area (Å²) >= 11 is 0. The van der Waals surface area contributed by atoms with Crippen molar-refractivity contribution in [3.05, 3.63) is 35.4 Å². The zero-order valence-electron chi connectivity index (χ0n) is 11.1. The predicted molar refractivity (Wildman–Crippen MR) is 69.6 cm³/mol. The molecule has 0 aromatic carbocycles. The number of rotatable bonds is 5. The number of hydrazine groups is 1.